The van der Waals surface area contributed by atoms with E-state index in [1.807, 2.05) is 0 Å². The minimum Gasteiger partial charge on any atom is -0.481 e. The van der Waals surface area contributed by atoms with Gasteiger partial charge in [0, 0.05) is 25.6 Å². The summed E-state index contributed by atoms with van der Waals surface area (Å²) in [5, 5.41) is 12.6. The predicted molar refractivity (Wildman–Crippen MR) is 76.2 cm³/mol. The molecule has 2 unspecified atom stereocenters. The van der Waals surface area contributed by atoms with E-state index in [2.05, 4.69) is 17.3 Å². The molecule has 1 saturated heterocycles. The van der Waals surface area contributed by atoms with Crippen molar-refractivity contribution < 1.29 is 9.90 Å². The van der Waals surface area contributed by atoms with Crippen LogP contribution in [0.15, 0.2) is 0 Å². The molecule has 0 radical (unpaired) electrons. The molecule has 2 aliphatic rings. The van der Waals surface area contributed by atoms with Gasteiger partial charge in [0.05, 0.1) is 0 Å². The fourth-order valence-electron chi connectivity index (χ4n) is 3.71. The van der Waals surface area contributed by atoms with Crippen molar-refractivity contribution in [2.45, 2.75) is 51.0 Å². The highest BCUT2D eigenvalue weighted by molar-refractivity contribution is 5.67. The van der Waals surface area contributed by atoms with Gasteiger partial charge in [-0.05, 0) is 44.7 Å². The molecule has 2 fully saturated rings. The van der Waals surface area contributed by atoms with Crippen LogP contribution in [0.5, 0.6) is 0 Å². The number of likely N-dealkylation sites (N-methyl/N-ethyl adjacent to an activating group) is 1. The van der Waals surface area contributed by atoms with Gasteiger partial charge in [0.15, 0.2) is 0 Å². The van der Waals surface area contributed by atoms with Crippen molar-refractivity contribution in [2.75, 3.05) is 26.7 Å². The Morgan fingerprint density at radius 3 is 2.63 bits per heavy atom. The van der Waals surface area contributed by atoms with Crippen LogP contribution >= 0.6 is 0 Å². The Morgan fingerprint density at radius 2 is 1.95 bits per heavy atom. The topological polar surface area (TPSA) is 52.6 Å². The minimum atomic E-state index is -0.661. The van der Waals surface area contributed by atoms with E-state index < -0.39 is 5.97 Å². The van der Waals surface area contributed by atoms with E-state index in [1.165, 1.54) is 32.1 Å². The summed E-state index contributed by atoms with van der Waals surface area (Å²) in [6, 6.07) is 0.477. The van der Waals surface area contributed by atoms with Crippen LogP contribution in [-0.2, 0) is 4.79 Å². The Morgan fingerprint density at radius 1 is 1.21 bits per heavy atom. The maximum Gasteiger partial charge on any atom is 0.303 e. The third kappa shape index (κ3) is 5.11. The molecule has 2 N–H and O–H groups in total. The molecule has 1 saturated carbocycles. The van der Waals surface area contributed by atoms with Gasteiger partial charge in [-0.15, -0.1) is 0 Å². The van der Waals surface area contributed by atoms with E-state index in [0.717, 1.165) is 32.0 Å². The van der Waals surface area contributed by atoms with Gasteiger partial charge in [0.25, 0.3) is 0 Å². The maximum absolute atomic E-state index is 10.8. The second kappa shape index (κ2) is 7.25. The number of nitrogens with one attached hydrogen (secondary N) is 1. The van der Waals surface area contributed by atoms with E-state index in [0.29, 0.717) is 18.4 Å². The third-order valence-electron chi connectivity index (χ3n) is 4.60. The van der Waals surface area contributed by atoms with Gasteiger partial charge in [-0.1, -0.05) is 19.3 Å². The van der Waals surface area contributed by atoms with E-state index in [9.17, 15) is 4.79 Å². The molecular formula is C15H28N2O2. The van der Waals surface area contributed by atoms with Crippen molar-refractivity contribution in [3.63, 3.8) is 0 Å². The second-order valence-electron chi connectivity index (χ2n) is 6.53. The van der Waals surface area contributed by atoms with Crippen molar-refractivity contribution in [2.24, 2.45) is 11.8 Å². The number of carboxylic acid groups (broad SMARTS) is 1. The molecular weight excluding hydrogens is 240 g/mol. The Hall–Kier alpha value is -0.610. The summed E-state index contributed by atoms with van der Waals surface area (Å²) in [7, 11) is 2.10. The van der Waals surface area contributed by atoms with Gasteiger partial charge in [0.2, 0.25) is 0 Å². The van der Waals surface area contributed by atoms with Crippen LogP contribution in [0.3, 0.4) is 0 Å². The van der Waals surface area contributed by atoms with E-state index >= 15 is 0 Å². The molecule has 4 nitrogen and oxygen atoms in total. The van der Waals surface area contributed by atoms with Crippen LogP contribution in [0.2, 0.25) is 0 Å². The molecule has 19 heavy (non-hydrogen) atoms. The highest BCUT2D eigenvalue weighted by atomic mass is 16.4. The average molecular weight is 268 g/mol. The number of piperidine rings is 1. The Labute approximate surface area is 116 Å². The number of likely N-dealkylation sites (tertiary alicyclic amines) is 1. The summed E-state index contributed by atoms with van der Waals surface area (Å²) >= 11 is 0. The molecule has 0 aromatic carbocycles. The molecule has 0 spiro atoms. The summed E-state index contributed by atoms with van der Waals surface area (Å²) in [5.74, 6) is 0.491. The van der Waals surface area contributed by atoms with Crippen molar-refractivity contribution in [1.82, 2.24) is 10.2 Å². The zero-order valence-corrected chi connectivity index (χ0v) is 12.1. The van der Waals surface area contributed by atoms with E-state index in [4.69, 9.17) is 5.11 Å². The summed E-state index contributed by atoms with van der Waals surface area (Å²) in [4.78, 5) is 13.1. The largest absolute Gasteiger partial charge is 0.481 e. The lowest BCUT2D eigenvalue weighted by molar-refractivity contribution is -0.138. The maximum atomic E-state index is 10.8. The number of rotatable bonds is 5. The minimum absolute atomic E-state index is 0.306. The molecule has 2 atom stereocenters. The van der Waals surface area contributed by atoms with Crippen LogP contribution in [-0.4, -0.2) is 48.7 Å². The lowest BCUT2D eigenvalue weighted by Gasteiger charge is -2.36. The predicted octanol–water partition coefficient (Wildman–Crippen LogP) is 1.95. The van der Waals surface area contributed by atoms with Gasteiger partial charge in [0.1, 0.15) is 0 Å². The zero-order chi connectivity index (χ0) is 13.7. The first-order valence-corrected chi connectivity index (χ1v) is 7.77. The standard InChI is InChI=1S/C15H28N2O2/c1-17-10-13(8-15(18)19)7-14(11-17)16-9-12-5-3-2-4-6-12/h12-14,16H,2-11H2,1H3,(H,18,19). The van der Waals surface area contributed by atoms with Gasteiger partial charge in [-0.3, -0.25) is 4.79 Å². The lowest BCUT2D eigenvalue weighted by Crippen LogP contribution is -2.49. The van der Waals surface area contributed by atoms with Crippen molar-refractivity contribution in [3.8, 4) is 0 Å². The molecule has 0 aromatic heterocycles. The van der Waals surface area contributed by atoms with Crippen LogP contribution in [0.1, 0.15) is 44.9 Å². The highest BCUT2D eigenvalue weighted by Gasteiger charge is 2.27. The van der Waals surface area contributed by atoms with Gasteiger partial charge >= 0.3 is 5.97 Å². The Balaban J connectivity index is 1.73. The van der Waals surface area contributed by atoms with Gasteiger partial charge in [-0.2, -0.15) is 0 Å². The Bertz CT molecular complexity index is 290. The molecule has 0 aromatic rings. The van der Waals surface area contributed by atoms with E-state index in [-0.39, 0.29) is 0 Å². The molecule has 0 bridgehead atoms. The van der Waals surface area contributed by atoms with Crippen LogP contribution in [0.25, 0.3) is 0 Å². The molecule has 110 valence electrons. The number of hydrogen-bond donors (Lipinski definition) is 2. The van der Waals surface area contributed by atoms with E-state index in [1.54, 1.807) is 0 Å². The molecule has 2 rings (SSSR count). The number of nitrogens with zero attached hydrogens (tertiary/aromatic N) is 1. The number of aliphatic carboxylic acids is 1. The number of carboxylic acids is 1. The molecule has 1 heterocycles. The normalized spacial score (nSPS) is 30.4. The highest BCUT2D eigenvalue weighted by Crippen LogP contribution is 2.24. The van der Waals surface area contributed by atoms with Gasteiger partial charge < -0.3 is 15.3 Å². The summed E-state index contributed by atoms with van der Waals surface area (Å²) in [5.41, 5.74) is 0. The van der Waals surface area contributed by atoms with Crippen LogP contribution in [0.4, 0.5) is 0 Å². The smallest absolute Gasteiger partial charge is 0.303 e. The van der Waals surface area contributed by atoms with Crippen molar-refractivity contribution in [1.29, 1.82) is 0 Å². The first kappa shape index (κ1) is 14.8. The Kier molecular flexibility index (Phi) is 5.64. The number of carbonyl (C=O) groups is 1. The summed E-state index contributed by atoms with van der Waals surface area (Å²) < 4.78 is 0. The van der Waals surface area contributed by atoms with Crippen molar-refractivity contribution >= 4 is 5.97 Å². The summed E-state index contributed by atoms with van der Waals surface area (Å²) in [6.45, 7) is 3.11. The zero-order valence-electron chi connectivity index (χ0n) is 12.1. The SMILES string of the molecule is CN1CC(CC(=O)O)CC(NCC2CCCCC2)C1. The lowest BCUT2D eigenvalue weighted by atomic mass is 9.88. The second-order valence-corrected chi connectivity index (χ2v) is 6.53. The molecule has 0 amide bonds. The fraction of sp³-hybridized carbons (Fsp3) is 0.933. The third-order valence-corrected chi connectivity index (χ3v) is 4.60. The summed E-state index contributed by atoms with van der Waals surface area (Å²) in [6.07, 6.45) is 8.25. The monoisotopic (exact) mass is 268 g/mol. The molecule has 4 heteroatoms. The first-order valence-electron chi connectivity index (χ1n) is 7.77. The quantitative estimate of drug-likeness (QED) is 0.800. The average Bonchev–Trinajstić information content (AvgIpc) is 2.36. The van der Waals surface area contributed by atoms with Gasteiger partial charge in [-0.25, -0.2) is 0 Å². The first-order chi connectivity index (χ1) is 9.13. The molecule has 1 aliphatic carbocycles. The molecule has 1 aliphatic heterocycles. The van der Waals surface area contributed by atoms with Crippen LogP contribution in [0, 0.1) is 11.8 Å². The van der Waals surface area contributed by atoms with Crippen molar-refractivity contribution in [3.05, 3.63) is 0 Å². The van der Waals surface area contributed by atoms with Crippen LogP contribution < -0.4 is 5.32 Å². The fourth-order valence-corrected chi connectivity index (χ4v) is 3.71. The number of hydrogen-bond acceptors (Lipinski definition) is 3.